The molecule has 136 valence electrons. The topological polar surface area (TPSA) is 54.6 Å². The SMILES string of the molecule is CC(C)(C)c1ccc(-c2nc3cc(C(=O)O)ccc3n3cccc23)c(F)c1. The van der Waals surface area contributed by atoms with Crippen LogP contribution >= 0.6 is 0 Å². The molecule has 0 aliphatic carbocycles. The van der Waals surface area contributed by atoms with E-state index in [1.165, 1.54) is 6.07 Å². The standard InChI is InChI=1S/C22H19FN2O2/c1-22(2,3)14-7-8-15(16(23)12-14)20-19-5-4-10-25(19)18-9-6-13(21(26)27)11-17(18)24-20/h4-12H,1-3H3,(H,26,27). The summed E-state index contributed by atoms with van der Waals surface area (Å²) in [6, 6.07) is 13.7. The van der Waals surface area contributed by atoms with Crippen molar-refractivity contribution in [3.8, 4) is 11.3 Å². The lowest BCUT2D eigenvalue weighted by Crippen LogP contribution is -2.11. The zero-order valence-electron chi connectivity index (χ0n) is 15.3. The van der Waals surface area contributed by atoms with Gasteiger partial charge < -0.3 is 9.51 Å². The van der Waals surface area contributed by atoms with Gasteiger partial charge in [0.1, 0.15) is 5.82 Å². The summed E-state index contributed by atoms with van der Waals surface area (Å²) in [6.45, 7) is 6.11. The smallest absolute Gasteiger partial charge is 0.335 e. The lowest BCUT2D eigenvalue weighted by molar-refractivity contribution is 0.0697. The Morgan fingerprint density at radius 3 is 2.52 bits per heavy atom. The number of rotatable bonds is 2. The molecular formula is C22H19FN2O2. The number of carboxylic acids is 1. The van der Waals surface area contributed by atoms with Gasteiger partial charge in [0.25, 0.3) is 0 Å². The number of hydrogen-bond donors (Lipinski definition) is 1. The maximum Gasteiger partial charge on any atom is 0.335 e. The molecule has 27 heavy (non-hydrogen) atoms. The van der Waals surface area contributed by atoms with E-state index in [1.807, 2.05) is 49.6 Å². The summed E-state index contributed by atoms with van der Waals surface area (Å²) in [7, 11) is 0. The van der Waals surface area contributed by atoms with E-state index >= 15 is 0 Å². The van der Waals surface area contributed by atoms with Crippen molar-refractivity contribution in [1.29, 1.82) is 0 Å². The average Bonchev–Trinajstić information content (AvgIpc) is 3.09. The van der Waals surface area contributed by atoms with E-state index < -0.39 is 5.97 Å². The number of carbonyl (C=O) groups is 1. The van der Waals surface area contributed by atoms with Crippen molar-refractivity contribution >= 4 is 22.5 Å². The van der Waals surface area contributed by atoms with E-state index in [1.54, 1.807) is 24.3 Å². The van der Waals surface area contributed by atoms with Crippen molar-refractivity contribution in [2.45, 2.75) is 26.2 Å². The van der Waals surface area contributed by atoms with Crippen LogP contribution in [-0.4, -0.2) is 20.5 Å². The summed E-state index contributed by atoms with van der Waals surface area (Å²) in [5, 5.41) is 9.26. The molecule has 1 N–H and O–H groups in total. The van der Waals surface area contributed by atoms with Crippen molar-refractivity contribution in [2.24, 2.45) is 0 Å². The fourth-order valence-corrected chi connectivity index (χ4v) is 3.28. The molecule has 0 aliphatic rings. The van der Waals surface area contributed by atoms with Crippen LogP contribution in [0.1, 0.15) is 36.7 Å². The molecule has 2 aromatic heterocycles. The van der Waals surface area contributed by atoms with Crippen molar-refractivity contribution in [3.63, 3.8) is 0 Å². The molecule has 4 rings (SSSR count). The minimum absolute atomic E-state index is 0.149. The number of carboxylic acid groups (broad SMARTS) is 1. The second-order valence-electron chi connectivity index (χ2n) is 7.68. The maximum atomic E-state index is 15.0. The van der Waals surface area contributed by atoms with Gasteiger partial charge in [0.05, 0.1) is 27.8 Å². The monoisotopic (exact) mass is 362 g/mol. The Morgan fingerprint density at radius 2 is 1.85 bits per heavy atom. The lowest BCUT2D eigenvalue weighted by Gasteiger charge is -2.20. The molecule has 0 radical (unpaired) electrons. The third-order valence-electron chi connectivity index (χ3n) is 4.80. The van der Waals surface area contributed by atoms with Crippen molar-refractivity contribution < 1.29 is 14.3 Å². The van der Waals surface area contributed by atoms with Crippen LogP contribution in [0.3, 0.4) is 0 Å². The summed E-state index contributed by atoms with van der Waals surface area (Å²) in [5.41, 5.74) is 3.84. The Morgan fingerprint density at radius 1 is 1.07 bits per heavy atom. The normalized spacial score (nSPS) is 12.0. The second kappa shape index (κ2) is 5.91. The first-order valence-corrected chi connectivity index (χ1v) is 8.70. The predicted molar refractivity (Wildman–Crippen MR) is 104 cm³/mol. The summed E-state index contributed by atoms with van der Waals surface area (Å²) in [6.07, 6.45) is 1.87. The number of fused-ring (bicyclic) bond motifs is 3. The minimum Gasteiger partial charge on any atom is -0.478 e. The van der Waals surface area contributed by atoms with Gasteiger partial charge in [-0.05, 0) is 53.4 Å². The van der Waals surface area contributed by atoms with Gasteiger partial charge in [-0.25, -0.2) is 14.2 Å². The molecule has 2 heterocycles. The van der Waals surface area contributed by atoms with Gasteiger partial charge in [-0.15, -0.1) is 0 Å². The molecule has 0 fully saturated rings. The van der Waals surface area contributed by atoms with Crippen molar-refractivity contribution in [3.05, 3.63) is 71.7 Å². The Hall–Kier alpha value is -3.21. The van der Waals surface area contributed by atoms with Crippen LogP contribution < -0.4 is 0 Å². The lowest BCUT2D eigenvalue weighted by atomic mass is 9.86. The van der Waals surface area contributed by atoms with Crippen molar-refractivity contribution in [1.82, 2.24) is 9.38 Å². The van der Waals surface area contributed by atoms with Gasteiger partial charge in [-0.1, -0.05) is 26.8 Å². The van der Waals surface area contributed by atoms with E-state index in [2.05, 4.69) is 4.98 Å². The van der Waals surface area contributed by atoms with Crippen LogP contribution in [0.25, 0.3) is 27.8 Å². The highest BCUT2D eigenvalue weighted by Crippen LogP contribution is 2.32. The molecule has 0 aliphatic heterocycles. The van der Waals surface area contributed by atoms with Gasteiger partial charge in [0, 0.05) is 11.8 Å². The van der Waals surface area contributed by atoms with Crippen LogP contribution in [0.4, 0.5) is 4.39 Å². The fraction of sp³-hybridized carbons (Fsp3) is 0.182. The molecule has 0 saturated heterocycles. The van der Waals surface area contributed by atoms with Crippen LogP contribution in [-0.2, 0) is 5.41 Å². The molecular weight excluding hydrogens is 343 g/mol. The third kappa shape index (κ3) is 2.85. The highest BCUT2D eigenvalue weighted by atomic mass is 19.1. The Bertz CT molecular complexity index is 1200. The molecule has 5 heteroatoms. The fourth-order valence-electron chi connectivity index (χ4n) is 3.28. The van der Waals surface area contributed by atoms with Crippen molar-refractivity contribution in [2.75, 3.05) is 0 Å². The van der Waals surface area contributed by atoms with E-state index in [0.717, 1.165) is 16.6 Å². The molecule has 0 spiro atoms. The Balaban J connectivity index is 2.00. The zero-order chi connectivity index (χ0) is 19.3. The average molecular weight is 362 g/mol. The number of halogens is 1. The minimum atomic E-state index is -1.02. The van der Waals surface area contributed by atoms with Gasteiger partial charge in [0.2, 0.25) is 0 Å². The van der Waals surface area contributed by atoms with Gasteiger partial charge >= 0.3 is 5.97 Å². The van der Waals surface area contributed by atoms with Crippen LogP contribution in [0.2, 0.25) is 0 Å². The number of hydrogen-bond acceptors (Lipinski definition) is 2. The Labute approximate surface area is 155 Å². The second-order valence-corrected chi connectivity index (χ2v) is 7.68. The Kier molecular flexibility index (Phi) is 3.77. The summed E-state index contributed by atoms with van der Waals surface area (Å²) < 4.78 is 16.9. The number of aromatic nitrogens is 2. The van der Waals surface area contributed by atoms with Crippen LogP contribution in [0.15, 0.2) is 54.7 Å². The quantitative estimate of drug-likeness (QED) is 0.527. The molecule has 2 aromatic carbocycles. The highest BCUT2D eigenvalue weighted by Gasteiger charge is 2.19. The van der Waals surface area contributed by atoms with Crippen LogP contribution in [0.5, 0.6) is 0 Å². The van der Waals surface area contributed by atoms with E-state index in [0.29, 0.717) is 16.8 Å². The van der Waals surface area contributed by atoms with Gasteiger partial charge in [0.15, 0.2) is 0 Å². The van der Waals surface area contributed by atoms with E-state index in [-0.39, 0.29) is 16.8 Å². The number of nitrogens with zero attached hydrogens (tertiary/aromatic N) is 2. The highest BCUT2D eigenvalue weighted by molar-refractivity contribution is 5.94. The predicted octanol–water partition coefficient (Wildman–Crippen LogP) is 5.29. The van der Waals surface area contributed by atoms with Crippen LogP contribution in [0, 0.1) is 5.82 Å². The molecule has 0 bridgehead atoms. The first kappa shape index (κ1) is 17.2. The first-order valence-electron chi connectivity index (χ1n) is 8.70. The first-order chi connectivity index (χ1) is 12.8. The molecule has 0 unspecified atom stereocenters. The number of benzene rings is 2. The van der Waals surface area contributed by atoms with E-state index in [4.69, 9.17) is 0 Å². The molecule has 0 saturated carbocycles. The third-order valence-corrected chi connectivity index (χ3v) is 4.80. The van der Waals surface area contributed by atoms with Gasteiger partial charge in [-0.3, -0.25) is 0 Å². The van der Waals surface area contributed by atoms with E-state index in [9.17, 15) is 14.3 Å². The number of aromatic carboxylic acids is 1. The summed E-state index contributed by atoms with van der Waals surface area (Å²) in [4.78, 5) is 15.9. The van der Waals surface area contributed by atoms with Gasteiger partial charge in [-0.2, -0.15) is 0 Å². The zero-order valence-corrected chi connectivity index (χ0v) is 15.3. The molecule has 4 nitrogen and oxygen atoms in total. The summed E-state index contributed by atoms with van der Waals surface area (Å²) in [5.74, 6) is -1.36. The molecule has 4 aromatic rings. The summed E-state index contributed by atoms with van der Waals surface area (Å²) >= 11 is 0. The largest absolute Gasteiger partial charge is 0.478 e. The maximum absolute atomic E-state index is 15.0. The molecule has 0 atom stereocenters. The molecule has 0 amide bonds.